The summed E-state index contributed by atoms with van der Waals surface area (Å²) in [4.78, 5) is 10.4. The minimum absolute atomic E-state index is 0. The van der Waals surface area contributed by atoms with E-state index in [1.165, 1.54) is 107 Å². The fraction of sp³-hybridized carbons (Fsp3) is 0.545. The smallest absolute Gasteiger partial charge is 0.0848 e. The third kappa shape index (κ3) is 21.3. The third-order valence-electron chi connectivity index (χ3n) is 8.43. The number of hydrogen-bond donors (Lipinski definition) is 0. The first-order chi connectivity index (χ1) is 22.7. The predicted octanol–water partition coefficient (Wildman–Crippen LogP) is 15.0. The third-order valence-corrected chi connectivity index (χ3v) is 8.43. The van der Waals surface area contributed by atoms with E-state index < -0.39 is 0 Å². The molecule has 0 heterocycles. The van der Waals surface area contributed by atoms with E-state index >= 15 is 0 Å². The van der Waals surface area contributed by atoms with Crippen LogP contribution in [-0.4, -0.2) is 11.4 Å². The van der Waals surface area contributed by atoms with Crippen LogP contribution in [0.5, 0.6) is 0 Å². The van der Waals surface area contributed by atoms with Gasteiger partial charge in [-0.15, -0.1) is 0 Å². The Kier molecular flexibility index (Phi) is 27.0. The van der Waals surface area contributed by atoms with Crippen LogP contribution in [0.1, 0.15) is 167 Å². The molecule has 0 saturated carbocycles. The van der Waals surface area contributed by atoms with Crippen LogP contribution >= 0.6 is 0 Å². The Bertz CT molecular complexity index is 1170. The first-order valence-corrected chi connectivity index (χ1v) is 19.1. The minimum Gasteiger partial charge on any atom is -0.251 e. The molecule has 3 heteroatoms. The average molecular weight is 729 g/mol. The molecule has 0 bridgehead atoms. The van der Waals surface area contributed by atoms with E-state index in [4.69, 9.17) is 9.98 Å². The maximum Gasteiger partial charge on any atom is 0.0848 e. The Labute approximate surface area is 304 Å². The van der Waals surface area contributed by atoms with Crippen LogP contribution in [0.4, 0.5) is 11.4 Å². The van der Waals surface area contributed by atoms with Gasteiger partial charge < -0.3 is 0 Å². The van der Waals surface area contributed by atoms with E-state index in [0.717, 1.165) is 54.9 Å². The van der Waals surface area contributed by atoms with Gasteiger partial charge in [-0.25, -0.2) is 4.99 Å². The summed E-state index contributed by atoms with van der Waals surface area (Å²) in [6, 6.07) is 17.4. The number of rotatable bonds is 26. The zero-order chi connectivity index (χ0) is 32.9. The molecule has 0 aliphatic carbocycles. The molecule has 2 rings (SSSR count). The van der Waals surface area contributed by atoms with Crippen LogP contribution in [0.3, 0.4) is 0 Å². The first kappa shape index (κ1) is 42.7. The fourth-order valence-corrected chi connectivity index (χ4v) is 5.47. The molecule has 0 unspecified atom stereocenters. The molecule has 0 N–H and O–H groups in total. The molecule has 0 radical (unpaired) electrons. The van der Waals surface area contributed by atoms with Gasteiger partial charge in [0.1, 0.15) is 0 Å². The van der Waals surface area contributed by atoms with E-state index in [1.807, 2.05) is 0 Å². The van der Waals surface area contributed by atoms with Crippen molar-refractivity contribution in [2.45, 2.75) is 156 Å². The zero-order valence-electron chi connectivity index (χ0n) is 30.4. The SMILES string of the molecule is CCCCCC=CC(=Nc1ccc(C=CCCCCCCC)cc1)C(CCCCC)=Nc1ccc(C=CCCCCCCC)cc1.[Pd]. The molecule has 0 spiro atoms. The Morgan fingerprint density at radius 1 is 0.468 bits per heavy atom. The van der Waals surface area contributed by atoms with Crippen LogP contribution in [0.25, 0.3) is 12.2 Å². The van der Waals surface area contributed by atoms with Gasteiger partial charge in [-0.05, 0) is 92.8 Å². The van der Waals surface area contributed by atoms with Gasteiger partial charge in [0.15, 0.2) is 0 Å². The number of hydrogen-bond acceptors (Lipinski definition) is 2. The van der Waals surface area contributed by atoms with Gasteiger partial charge >= 0.3 is 0 Å². The number of unbranched alkanes of at least 4 members (excludes halogenated alkanes) is 15. The number of aliphatic imine (C=N–C) groups is 2. The molecule has 47 heavy (non-hydrogen) atoms. The molecule has 0 aromatic heterocycles. The largest absolute Gasteiger partial charge is 0.251 e. The van der Waals surface area contributed by atoms with Gasteiger partial charge in [-0.2, -0.15) is 0 Å². The molecule has 2 aromatic carbocycles. The van der Waals surface area contributed by atoms with Crippen molar-refractivity contribution in [1.82, 2.24) is 0 Å². The van der Waals surface area contributed by atoms with Crippen LogP contribution in [-0.2, 0) is 20.4 Å². The Hall–Kier alpha value is -2.34. The van der Waals surface area contributed by atoms with E-state index in [-0.39, 0.29) is 20.4 Å². The van der Waals surface area contributed by atoms with Crippen LogP contribution in [0, 0.1) is 0 Å². The van der Waals surface area contributed by atoms with Gasteiger partial charge in [0, 0.05) is 20.4 Å². The Morgan fingerprint density at radius 2 is 0.872 bits per heavy atom. The van der Waals surface area contributed by atoms with Crippen molar-refractivity contribution >= 4 is 35.0 Å². The molecule has 0 aliphatic heterocycles. The average Bonchev–Trinajstić information content (AvgIpc) is 3.08. The normalized spacial score (nSPS) is 12.5. The summed E-state index contributed by atoms with van der Waals surface area (Å²) in [5.74, 6) is 0. The minimum atomic E-state index is 0. The number of allylic oxidation sites excluding steroid dienone is 4. The van der Waals surface area contributed by atoms with Crippen LogP contribution < -0.4 is 0 Å². The van der Waals surface area contributed by atoms with E-state index in [2.05, 4.69) is 113 Å². The molecule has 0 atom stereocenters. The molecule has 0 saturated heterocycles. The first-order valence-electron chi connectivity index (χ1n) is 19.1. The monoisotopic (exact) mass is 728 g/mol. The van der Waals surface area contributed by atoms with Crippen molar-refractivity contribution in [2.75, 3.05) is 0 Å². The zero-order valence-corrected chi connectivity index (χ0v) is 32.0. The molecular formula is C44H66N2Pd. The standard InChI is InChI=1S/C44H66N2.Pd/c1-5-9-13-16-18-21-24-27-39-31-35-41(36-32-39)45-43(29-23-12-8-4)44(30-26-20-15-11-7-3)46-42-37-33-40(34-38-42)28-25-22-19-17-14-10-6-2;/h24-28,30-38H,5-23,29H2,1-4H3;. The molecular weight excluding hydrogens is 663 g/mol. The van der Waals surface area contributed by atoms with Crippen molar-refractivity contribution < 1.29 is 20.4 Å². The second-order valence-corrected chi connectivity index (χ2v) is 12.8. The summed E-state index contributed by atoms with van der Waals surface area (Å²) < 4.78 is 0. The summed E-state index contributed by atoms with van der Waals surface area (Å²) in [5.41, 5.74) is 6.56. The van der Waals surface area contributed by atoms with Crippen LogP contribution in [0.15, 0.2) is 82.8 Å². The van der Waals surface area contributed by atoms with Crippen molar-refractivity contribution in [1.29, 1.82) is 0 Å². The molecule has 0 aliphatic rings. The predicted molar refractivity (Wildman–Crippen MR) is 209 cm³/mol. The number of benzene rings is 2. The van der Waals surface area contributed by atoms with Gasteiger partial charge in [0.2, 0.25) is 0 Å². The molecule has 2 aromatic rings. The van der Waals surface area contributed by atoms with E-state index in [0.29, 0.717) is 0 Å². The fourth-order valence-electron chi connectivity index (χ4n) is 5.47. The number of nitrogens with zero attached hydrogens (tertiary/aromatic N) is 2. The van der Waals surface area contributed by atoms with Gasteiger partial charge in [0.25, 0.3) is 0 Å². The second-order valence-electron chi connectivity index (χ2n) is 12.8. The molecule has 262 valence electrons. The van der Waals surface area contributed by atoms with Crippen molar-refractivity contribution in [3.05, 3.63) is 84.0 Å². The molecule has 0 fully saturated rings. The van der Waals surface area contributed by atoms with Gasteiger partial charge in [0.05, 0.1) is 22.8 Å². The second kappa shape index (κ2) is 29.8. The molecule has 0 amide bonds. The maximum atomic E-state index is 5.21. The van der Waals surface area contributed by atoms with Gasteiger partial charge in [-0.1, -0.05) is 159 Å². The Morgan fingerprint density at radius 3 is 1.38 bits per heavy atom. The maximum absolute atomic E-state index is 5.21. The summed E-state index contributed by atoms with van der Waals surface area (Å²) in [6.45, 7) is 9.07. The van der Waals surface area contributed by atoms with Gasteiger partial charge in [-0.3, -0.25) is 4.99 Å². The topological polar surface area (TPSA) is 24.7 Å². The van der Waals surface area contributed by atoms with Crippen LogP contribution in [0.2, 0.25) is 0 Å². The summed E-state index contributed by atoms with van der Waals surface area (Å²) in [5, 5.41) is 0. The summed E-state index contributed by atoms with van der Waals surface area (Å²) >= 11 is 0. The quantitative estimate of drug-likeness (QED) is 0.0523. The van der Waals surface area contributed by atoms with Crippen molar-refractivity contribution in [3.8, 4) is 0 Å². The van der Waals surface area contributed by atoms with E-state index in [9.17, 15) is 0 Å². The summed E-state index contributed by atoms with van der Waals surface area (Å²) in [6.07, 6.45) is 38.5. The Balaban J connectivity index is 0.0000110. The van der Waals surface area contributed by atoms with E-state index in [1.54, 1.807) is 0 Å². The van der Waals surface area contributed by atoms with Crippen molar-refractivity contribution in [3.63, 3.8) is 0 Å². The molecule has 2 nitrogen and oxygen atoms in total. The van der Waals surface area contributed by atoms with Crippen molar-refractivity contribution in [2.24, 2.45) is 9.98 Å². The summed E-state index contributed by atoms with van der Waals surface area (Å²) in [7, 11) is 0.